The van der Waals surface area contributed by atoms with Crippen molar-refractivity contribution in [1.82, 2.24) is 19.4 Å². The van der Waals surface area contributed by atoms with Gasteiger partial charge in [0.25, 0.3) is 0 Å². The van der Waals surface area contributed by atoms with Gasteiger partial charge in [-0.15, -0.1) is 23.1 Å². The fourth-order valence-electron chi connectivity index (χ4n) is 5.78. The molecule has 0 saturated carbocycles. The summed E-state index contributed by atoms with van der Waals surface area (Å²) in [6.07, 6.45) is -0.977. The monoisotopic (exact) mass is 691 g/mol. The summed E-state index contributed by atoms with van der Waals surface area (Å²) in [4.78, 5) is 38.3. The molecule has 2 aliphatic rings. The number of amides is 1. The highest BCUT2D eigenvalue weighted by Gasteiger charge is 2.39. The third kappa shape index (κ3) is 7.44. The zero-order chi connectivity index (χ0) is 33.8. The van der Waals surface area contributed by atoms with Crippen LogP contribution in [0.3, 0.4) is 0 Å². The maximum Gasteiger partial charge on any atom is 0.417 e. The van der Waals surface area contributed by atoms with Gasteiger partial charge in [0.1, 0.15) is 5.82 Å². The van der Waals surface area contributed by atoms with E-state index in [4.69, 9.17) is 11.6 Å². The molecule has 2 unspecified atom stereocenters. The number of nitrogens with zero attached hydrogens (tertiary/aromatic N) is 5. The highest BCUT2D eigenvalue weighted by Crippen LogP contribution is 2.49. The van der Waals surface area contributed by atoms with Gasteiger partial charge < -0.3 is 9.80 Å². The largest absolute Gasteiger partial charge is 0.417 e. The van der Waals surface area contributed by atoms with Gasteiger partial charge in [-0.05, 0) is 63.3 Å². The number of aromatic nitrogens is 3. The lowest BCUT2D eigenvalue weighted by Crippen LogP contribution is -2.58. The molecule has 7 nitrogen and oxygen atoms in total. The molecule has 0 aliphatic carbocycles. The summed E-state index contributed by atoms with van der Waals surface area (Å²) >= 11 is 8.58. The van der Waals surface area contributed by atoms with E-state index >= 15 is 0 Å². The molecule has 3 aromatic heterocycles. The van der Waals surface area contributed by atoms with Crippen LogP contribution in [0.5, 0.6) is 0 Å². The van der Waals surface area contributed by atoms with Crippen molar-refractivity contribution in [1.29, 1.82) is 0 Å². The van der Waals surface area contributed by atoms with Gasteiger partial charge in [-0.25, -0.2) is 4.79 Å². The third-order valence-electron chi connectivity index (χ3n) is 7.55. The quantitative estimate of drug-likeness (QED) is 0.201. The standard InChI is InChI=1S/C25H24ClF3N4O2S2.C6H7N.C2H6/c1-4-19(34)33-13(2)10-31(11-14(33)3)23-16-9-17(25(27,28)29)20(18-8-15(26)12-37-18)22-21(16)32(24(35)30-23)6-5-7-36-22;1-6-4-2-3-5-7-6;1-2/h4,8-9,12-14H,1,5-7,10-11H2,2-3H3;2-5H,1H3;1-2H3. The molecule has 5 heterocycles. The molecule has 1 fully saturated rings. The van der Waals surface area contributed by atoms with Crippen molar-refractivity contribution in [2.45, 2.75) is 70.7 Å². The van der Waals surface area contributed by atoms with E-state index in [0.717, 1.165) is 23.1 Å². The number of piperazine rings is 1. The fourth-order valence-corrected chi connectivity index (χ4v) is 8.18. The van der Waals surface area contributed by atoms with Crippen LogP contribution in [0.2, 0.25) is 5.02 Å². The molecular formula is C33H37ClF3N5O2S2. The van der Waals surface area contributed by atoms with Crippen molar-refractivity contribution in [3.05, 3.63) is 81.3 Å². The van der Waals surface area contributed by atoms with Gasteiger partial charge in [0.05, 0.1) is 16.1 Å². The van der Waals surface area contributed by atoms with Crippen LogP contribution >= 0.6 is 34.7 Å². The molecule has 2 atom stereocenters. The maximum atomic E-state index is 14.6. The van der Waals surface area contributed by atoms with Crippen molar-refractivity contribution in [3.63, 3.8) is 0 Å². The molecule has 0 N–H and O–H groups in total. The van der Waals surface area contributed by atoms with Crippen LogP contribution in [0, 0.1) is 6.92 Å². The molecule has 1 aromatic carbocycles. The molecule has 13 heteroatoms. The number of pyridine rings is 1. The van der Waals surface area contributed by atoms with Crippen LogP contribution in [0.4, 0.5) is 19.0 Å². The van der Waals surface area contributed by atoms with E-state index in [0.29, 0.717) is 52.1 Å². The second kappa shape index (κ2) is 15.0. The predicted octanol–water partition coefficient (Wildman–Crippen LogP) is 8.32. The van der Waals surface area contributed by atoms with E-state index in [1.165, 1.54) is 28.5 Å². The SMILES string of the molecule is C=CC(=O)N1C(C)CN(c2nc(=O)n3c4c(c(-c5cc(Cl)cs5)c(C(F)(F)F)cc24)SCCC3)CC1C.CC.Cc1ccccn1. The average Bonchev–Trinajstić information content (AvgIpc) is 3.32. The fraction of sp³-hybridized carbons (Fsp3) is 0.394. The van der Waals surface area contributed by atoms with Crippen LogP contribution in [0.25, 0.3) is 21.3 Å². The second-order valence-corrected chi connectivity index (χ2v) is 13.2. The Balaban J connectivity index is 0.000000466. The minimum Gasteiger partial charge on any atom is -0.352 e. The number of alkyl halides is 3. The number of rotatable bonds is 3. The van der Waals surface area contributed by atoms with E-state index in [-0.39, 0.29) is 34.8 Å². The Morgan fingerprint density at radius 1 is 1.15 bits per heavy atom. The van der Waals surface area contributed by atoms with E-state index in [1.807, 2.05) is 57.7 Å². The van der Waals surface area contributed by atoms with Crippen molar-refractivity contribution in [2.75, 3.05) is 23.7 Å². The maximum absolute atomic E-state index is 14.6. The summed E-state index contributed by atoms with van der Waals surface area (Å²) in [6.45, 7) is 14.3. The Bertz CT molecular complexity index is 1750. The van der Waals surface area contributed by atoms with Crippen molar-refractivity contribution >= 4 is 57.3 Å². The normalized spacial score (nSPS) is 17.8. The van der Waals surface area contributed by atoms with Gasteiger partial charge in [-0.3, -0.25) is 14.3 Å². The molecule has 46 heavy (non-hydrogen) atoms. The van der Waals surface area contributed by atoms with Crippen molar-refractivity contribution in [2.24, 2.45) is 0 Å². The molecule has 2 aliphatic heterocycles. The summed E-state index contributed by atoms with van der Waals surface area (Å²) in [5, 5.41) is 2.25. The molecular weight excluding hydrogens is 655 g/mol. The van der Waals surface area contributed by atoms with Gasteiger partial charge in [-0.2, -0.15) is 18.2 Å². The molecule has 246 valence electrons. The molecule has 1 amide bonds. The number of carbonyl (C=O) groups excluding carboxylic acids is 1. The Morgan fingerprint density at radius 2 is 1.85 bits per heavy atom. The molecule has 0 spiro atoms. The van der Waals surface area contributed by atoms with Crippen LogP contribution < -0.4 is 10.6 Å². The van der Waals surface area contributed by atoms with Crippen LogP contribution in [-0.4, -0.2) is 56.3 Å². The predicted molar refractivity (Wildman–Crippen MR) is 183 cm³/mol. The van der Waals surface area contributed by atoms with Crippen molar-refractivity contribution in [3.8, 4) is 10.4 Å². The van der Waals surface area contributed by atoms with Gasteiger partial charge in [0.2, 0.25) is 5.91 Å². The number of aryl methyl sites for hydroxylation is 2. The van der Waals surface area contributed by atoms with Crippen molar-refractivity contribution < 1.29 is 18.0 Å². The van der Waals surface area contributed by atoms with Crippen LogP contribution in [0.1, 0.15) is 45.4 Å². The molecule has 6 rings (SSSR count). The lowest BCUT2D eigenvalue weighted by molar-refractivity contribution is -0.137. The summed E-state index contributed by atoms with van der Waals surface area (Å²) < 4.78 is 45.2. The number of hydrogen-bond donors (Lipinski definition) is 0. The van der Waals surface area contributed by atoms with E-state index in [2.05, 4.69) is 16.5 Å². The highest BCUT2D eigenvalue weighted by atomic mass is 35.5. The number of thioether (sulfide) groups is 1. The number of carbonyl (C=O) groups is 1. The first-order valence-corrected chi connectivity index (χ1v) is 17.3. The lowest BCUT2D eigenvalue weighted by atomic mass is 10.0. The first kappa shape index (κ1) is 35.5. The highest BCUT2D eigenvalue weighted by molar-refractivity contribution is 7.99. The lowest BCUT2D eigenvalue weighted by Gasteiger charge is -2.44. The first-order valence-electron chi connectivity index (χ1n) is 15.0. The van der Waals surface area contributed by atoms with Crippen LogP contribution in [0.15, 0.2) is 64.3 Å². The third-order valence-corrected chi connectivity index (χ3v) is 10.0. The van der Waals surface area contributed by atoms with Gasteiger partial charge >= 0.3 is 11.9 Å². The summed E-state index contributed by atoms with van der Waals surface area (Å²) in [5.74, 6) is 0.566. The number of halogens is 4. The topological polar surface area (TPSA) is 71.3 Å². The number of anilines is 1. The summed E-state index contributed by atoms with van der Waals surface area (Å²) in [7, 11) is 0. The van der Waals surface area contributed by atoms with Gasteiger partial charge in [-0.1, -0.05) is 38.1 Å². The van der Waals surface area contributed by atoms with E-state index < -0.39 is 17.4 Å². The zero-order valence-corrected chi connectivity index (χ0v) is 28.8. The number of benzene rings is 1. The minimum absolute atomic E-state index is 0.0530. The Morgan fingerprint density at radius 3 is 2.37 bits per heavy atom. The first-order chi connectivity index (χ1) is 21.9. The molecule has 1 saturated heterocycles. The Hall–Kier alpha value is -3.35. The average molecular weight is 692 g/mol. The molecule has 0 radical (unpaired) electrons. The number of hydrogen-bond acceptors (Lipinski definition) is 7. The van der Waals surface area contributed by atoms with Crippen LogP contribution in [-0.2, 0) is 17.5 Å². The smallest absolute Gasteiger partial charge is 0.352 e. The Kier molecular flexibility index (Phi) is 11.6. The molecule has 0 bridgehead atoms. The zero-order valence-electron chi connectivity index (χ0n) is 26.4. The summed E-state index contributed by atoms with van der Waals surface area (Å²) in [5.41, 5.74) is 0.318. The van der Waals surface area contributed by atoms with E-state index in [9.17, 15) is 22.8 Å². The summed E-state index contributed by atoms with van der Waals surface area (Å²) in [6, 6.07) is 8.01. The minimum atomic E-state index is -4.64. The van der Waals surface area contributed by atoms with Gasteiger partial charge in [0, 0.05) is 69.7 Å². The Labute approximate surface area is 280 Å². The molecule has 4 aromatic rings. The second-order valence-electron chi connectivity index (χ2n) is 10.7. The van der Waals surface area contributed by atoms with E-state index in [1.54, 1.807) is 16.5 Å². The van der Waals surface area contributed by atoms with Gasteiger partial charge in [0.15, 0.2) is 0 Å². The number of thiophene rings is 1.